The minimum atomic E-state index is 0.595. The van der Waals surface area contributed by atoms with Gasteiger partial charge in [0.25, 0.3) is 0 Å². The lowest BCUT2D eigenvalue weighted by molar-refractivity contribution is 0.307. The molecule has 1 N–H and O–H groups in total. The number of rotatable bonds is 1. The fourth-order valence-corrected chi connectivity index (χ4v) is 2.47. The Kier molecular flexibility index (Phi) is 1.96. The van der Waals surface area contributed by atoms with Crippen molar-refractivity contribution in [3.05, 3.63) is 34.6 Å². The summed E-state index contributed by atoms with van der Waals surface area (Å²) in [6, 6.07) is 4.73. The van der Waals surface area contributed by atoms with E-state index in [4.69, 9.17) is 0 Å². The Bertz CT molecular complexity index is 383. The maximum atomic E-state index is 4.26. The van der Waals surface area contributed by atoms with Crippen LogP contribution in [-0.4, -0.2) is 17.6 Å². The van der Waals surface area contributed by atoms with Gasteiger partial charge in [-0.25, -0.2) is 4.98 Å². The van der Waals surface area contributed by atoms with Crippen molar-refractivity contribution >= 4 is 21.5 Å². The molecule has 0 saturated carbocycles. The molecule has 1 aromatic rings. The topological polar surface area (TPSA) is 24.9 Å². The van der Waals surface area contributed by atoms with E-state index in [-0.39, 0.29) is 0 Å². The molecule has 72 valence electrons. The third-order valence-corrected chi connectivity index (χ3v) is 3.58. The number of aromatic nitrogens is 1. The van der Waals surface area contributed by atoms with Crippen LogP contribution in [0, 0.1) is 5.92 Å². The molecule has 0 unspecified atom stereocenters. The predicted molar refractivity (Wildman–Crippen MR) is 59.8 cm³/mol. The van der Waals surface area contributed by atoms with Gasteiger partial charge in [-0.1, -0.05) is 12.1 Å². The second-order valence-corrected chi connectivity index (χ2v) is 4.72. The van der Waals surface area contributed by atoms with Crippen LogP contribution in [0.3, 0.4) is 0 Å². The number of hydrogen-bond donors (Lipinski definition) is 1. The Morgan fingerprint density at radius 3 is 2.93 bits per heavy atom. The normalized spacial score (nSPS) is 29.4. The second kappa shape index (κ2) is 3.17. The Morgan fingerprint density at radius 1 is 1.43 bits per heavy atom. The number of nitrogens with one attached hydrogen (secondary N) is 1. The van der Waals surface area contributed by atoms with Gasteiger partial charge < -0.3 is 5.32 Å². The van der Waals surface area contributed by atoms with Crippen molar-refractivity contribution in [1.29, 1.82) is 0 Å². The van der Waals surface area contributed by atoms with Gasteiger partial charge in [-0.15, -0.1) is 0 Å². The van der Waals surface area contributed by atoms with Gasteiger partial charge in [-0.3, -0.25) is 0 Å². The summed E-state index contributed by atoms with van der Waals surface area (Å²) in [6.45, 7) is 1.18. The number of nitrogens with zero attached hydrogens (tertiary/aromatic N) is 1. The molecule has 0 aromatic carbocycles. The van der Waals surface area contributed by atoms with Crippen molar-refractivity contribution in [1.82, 2.24) is 10.3 Å². The lowest BCUT2D eigenvalue weighted by Gasteiger charge is -2.34. The molecule has 0 spiro atoms. The molecular weight excluding hydrogens is 240 g/mol. The molecule has 3 rings (SSSR count). The van der Waals surface area contributed by atoms with Crippen molar-refractivity contribution in [3.63, 3.8) is 0 Å². The van der Waals surface area contributed by atoms with Crippen LogP contribution in [0.5, 0.6) is 0 Å². The molecule has 1 aromatic heterocycles. The minimum absolute atomic E-state index is 0.595. The zero-order valence-electron chi connectivity index (χ0n) is 7.70. The Labute approximate surface area is 91.6 Å². The van der Waals surface area contributed by atoms with Crippen molar-refractivity contribution in [2.45, 2.75) is 12.5 Å². The van der Waals surface area contributed by atoms with E-state index in [1.165, 1.54) is 24.1 Å². The molecule has 2 nitrogen and oxygen atoms in total. The van der Waals surface area contributed by atoms with Crippen LogP contribution >= 0.6 is 15.9 Å². The largest absolute Gasteiger partial charge is 0.309 e. The van der Waals surface area contributed by atoms with Gasteiger partial charge in [0.05, 0.1) is 0 Å². The fourth-order valence-electron chi connectivity index (χ4n) is 2.23. The first kappa shape index (κ1) is 8.62. The smallest absolute Gasteiger partial charge is 0.106 e. The van der Waals surface area contributed by atoms with E-state index in [0.29, 0.717) is 6.04 Å². The Morgan fingerprint density at radius 2 is 2.36 bits per heavy atom. The highest BCUT2D eigenvalue weighted by molar-refractivity contribution is 9.10. The van der Waals surface area contributed by atoms with Gasteiger partial charge in [-0.2, -0.15) is 0 Å². The third-order valence-electron chi connectivity index (χ3n) is 3.11. The van der Waals surface area contributed by atoms with Gasteiger partial charge in [0.1, 0.15) is 4.60 Å². The number of allylic oxidation sites excluding steroid dienone is 1. The van der Waals surface area contributed by atoms with Crippen molar-refractivity contribution in [3.8, 4) is 0 Å². The molecule has 0 radical (unpaired) electrons. The molecular formula is C11H11BrN2. The minimum Gasteiger partial charge on any atom is -0.309 e. The second-order valence-electron chi connectivity index (χ2n) is 3.91. The van der Waals surface area contributed by atoms with E-state index in [1.54, 1.807) is 0 Å². The Balaban J connectivity index is 1.92. The average molecular weight is 251 g/mol. The maximum absolute atomic E-state index is 4.26. The molecule has 1 aliphatic heterocycles. The van der Waals surface area contributed by atoms with Gasteiger partial charge in [0.15, 0.2) is 0 Å². The van der Waals surface area contributed by atoms with Gasteiger partial charge in [0, 0.05) is 18.8 Å². The number of fused-ring (bicyclic) bond motifs is 1. The van der Waals surface area contributed by atoms with Crippen LogP contribution < -0.4 is 5.32 Å². The zero-order chi connectivity index (χ0) is 9.54. The zero-order valence-corrected chi connectivity index (χ0v) is 9.29. The first-order chi connectivity index (χ1) is 6.84. The van der Waals surface area contributed by atoms with Crippen molar-refractivity contribution < 1.29 is 0 Å². The number of pyridine rings is 1. The standard InChI is InChI=1S/C11H11BrN2/c12-10-4-2-7(5-13-10)9-3-1-8-6-14-11(8)9/h2-5,8,11,14H,1,6H2/t8-,11+/m0/s1. The summed E-state index contributed by atoms with van der Waals surface area (Å²) < 4.78 is 0.901. The van der Waals surface area contributed by atoms with Crippen LogP contribution in [0.1, 0.15) is 12.0 Å². The summed E-state index contributed by atoms with van der Waals surface area (Å²) in [5, 5.41) is 3.46. The van der Waals surface area contributed by atoms with E-state index in [0.717, 1.165) is 10.5 Å². The lowest BCUT2D eigenvalue weighted by atomic mass is 9.89. The molecule has 1 fully saturated rings. The summed E-state index contributed by atoms with van der Waals surface area (Å²) in [6.07, 6.45) is 5.52. The average Bonchev–Trinajstić information content (AvgIpc) is 2.43. The SMILES string of the molecule is Brc1ccc(C2=CC[C@H]3CN[C@@H]23)cn1. The van der Waals surface area contributed by atoms with E-state index < -0.39 is 0 Å². The highest BCUT2D eigenvalue weighted by Gasteiger charge is 2.36. The quantitative estimate of drug-likeness (QED) is 0.774. The highest BCUT2D eigenvalue weighted by Crippen LogP contribution is 2.37. The predicted octanol–water partition coefficient (Wildman–Crippen LogP) is 2.22. The van der Waals surface area contributed by atoms with Gasteiger partial charge >= 0.3 is 0 Å². The van der Waals surface area contributed by atoms with Crippen molar-refractivity contribution in [2.24, 2.45) is 5.92 Å². The van der Waals surface area contributed by atoms with Crippen LogP contribution in [-0.2, 0) is 0 Å². The molecule has 3 heteroatoms. The maximum Gasteiger partial charge on any atom is 0.106 e. The fraction of sp³-hybridized carbons (Fsp3) is 0.364. The van der Waals surface area contributed by atoms with E-state index in [2.05, 4.69) is 38.4 Å². The van der Waals surface area contributed by atoms with Crippen LogP contribution in [0.4, 0.5) is 0 Å². The molecule has 2 heterocycles. The van der Waals surface area contributed by atoms with Crippen LogP contribution in [0.25, 0.3) is 5.57 Å². The molecule has 2 atom stereocenters. The molecule has 2 aliphatic rings. The molecule has 14 heavy (non-hydrogen) atoms. The number of halogens is 1. The molecule has 0 bridgehead atoms. The van der Waals surface area contributed by atoms with Gasteiger partial charge in [0.2, 0.25) is 0 Å². The Hall–Kier alpha value is -0.670. The summed E-state index contributed by atoms with van der Waals surface area (Å²) >= 11 is 3.35. The molecule has 1 saturated heterocycles. The highest BCUT2D eigenvalue weighted by atomic mass is 79.9. The first-order valence-corrected chi connectivity index (χ1v) is 5.69. The molecule has 1 aliphatic carbocycles. The van der Waals surface area contributed by atoms with Crippen molar-refractivity contribution in [2.75, 3.05) is 6.54 Å². The summed E-state index contributed by atoms with van der Waals surface area (Å²) in [5.74, 6) is 0.841. The first-order valence-electron chi connectivity index (χ1n) is 4.90. The molecule has 0 amide bonds. The summed E-state index contributed by atoms with van der Waals surface area (Å²) in [7, 11) is 0. The summed E-state index contributed by atoms with van der Waals surface area (Å²) in [5.41, 5.74) is 2.69. The van der Waals surface area contributed by atoms with Crippen LogP contribution in [0.2, 0.25) is 0 Å². The van der Waals surface area contributed by atoms with E-state index in [9.17, 15) is 0 Å². The monoisotopic (exact) mass is 250 g/mol. The van der Waals surface area contributed by atoms with E-state index >= 15 is 0 Å². The van der Waals surface area contributed by atoms with E-state index in [1.807, 2.05) is 12.3 Å². The third kappa shape index (κ3) is 1.23. The van der Waals surface area contributed by atoms with Crippen LogP contribution in [0.15, 0.2) is 29.0 Å². The summed E-state index contributed by atoms with van der Waals surface area (Å²) in [4.78, 5) is 4.26. The van der Waals surface area contributed by atoms with Gasteiger partial charge in [-0.05, 0) is 45.5 Å². The lowest BCUT2D eigenvalue weighted by Crippen LogP contribution is -2.50. The number of hydrogen-bond acceptors (Lipinski definition) is 2.